The quantitative estimate of drug-likeness (QED) is 0.392. The zero-order valence-corrected chi connectivity index (χ0v) is 18.3. The highest BCUT2D eigenvalue weighted by Crippen LogP contribution is 2.39. The van der Waals surface area contributed by atoms with Crippen molar-refractivity contribution in [3.8, 4) is 0 Å². The summed E-state index contributed by atoms with van der Waals surface area (Å²) in [6.45, 7) is 2.27. The number of nitrogens with one attached hydrogen (secondary N) is 1. The molecule has 1 aliphatic rings. The first kappa shape index (κ1) is 23.6. The summed E-state index contributed by atoms with van der Waals surface area (Å²) >= 11 is 0. The van der Waals surface area contributed by atoms with Crippen LogP contribution in [0.3, 0.4) is 0 Å². The number of aryl methyl sites for hydroxylation is 1. The van der Waals surface area contributed by atoms with Crippen LogP contribution < -0.4 is 5.43 Å². The number of rotatable bonds is 11. The van der Waals surface area contributed by atoms with E-state index in [1.54, 1.807) is 12.1 Å². The molecule has 1 N–H and O–H groups in total. The molecule has 0 aromatic heterocycles. The second-order valence-corrected chi connectivity index (χ2v) is 8.55. The maximum Gasteiger partial charge on any atom is 0.409 e. The van der Waals surface area contributed by atoms with Crippen LogP contribution in [0.5, 0.6) is 0 Å². The van der Waals surface area contributed by atoms with Gasteiger partial charge >= 0.3 is 6.18 Å². The fourth-order valence-corrected chi connectivity index (χ4v) is 4.46. The monoisotopic (exact) mass is 434 g/mol. The maximum atomic E-state index is 14.0. The van der Waals surface area contributed by atoms with Crippen molar-refractivity contribution in [1.82, 2.24) is 10.4 Å². The van der Waals surface area contributed by atoms with E-state index >= 15 is 0 Å². The summed E-state index contributed by atoms with van der Waals surface area (Å²) in [5.74, 6) is -0.366. The fourth-order valence-electron chi connectivity index (χ4n) is 4.46. The van der Waals surface area contributed by atoms with Gasteiger partial charge in [0.2, 0.25) is 5.91 Å². The molecule has 1 fully saturated rings. The van der Waals surface area contributed by atoms with Crippen LogP contribution in [0.25, 0.3) is 10.8 Å². The molecule has 1 saturated heterocycles. The Bertz CT molecular complexity index is 865. The highest BCUT2D eigenvalue weighted by Gasteiger charge is 2.47. The molecule has 2 aromatic carbocycles. The van der Waals surface area contributed by atoms with Crippen molar-refractivity contribution in [3.05, 3.63) is 47.5 Å². The zero-order valence-electron chi connectivity index (χ0n) is 18.3. The Balaban J connectivity index is 1.76. The number of alkyl halides is 3. The number of nitrogens with zero attached hydrogens (tertiary/aromatic N) is 1. The average molecular weight is 435 g/mol. The molecule has 31 heavy (non-hydrogen) atoms. The smallest absolute Gasteiger partial charge is 0.288 e. The molecule has 6 heteroatoms. The number of hydrogen-bond acceptors (Lipinski definition) is 2. The molecule has 1 amide bonds. The molecule has 0 unspecified atom stereocenters. The van der Waals surface area contributed by atoms with Crippen molar-refractivity contribution < 1.29 is 18.0 Å². The van der Waals surface area contributed by atoms with Gasteiger partial charge in [-0.1, -0.05) is 82.2 Å². The van der Waals surface area contributed by atoms with E-state index in [1.807, 2.05) is 24.3 Å². The highest BCUT2D eigenvalue weighted by molar-refractivity contribution is 5.86. The molecule has 0 aliphatic carbocycles. The first-order valence-electron chi connectivity index (χ1n) is 11.5. The van der Waals surface area contributed by atoms with Gasteiger partial charge < -0.3 is 0 Å². The summed E-state index contributed by atoms with van der Waals surface area (Å²) in [4.78, 5) is 11.6. The predicted octanol–water partition coefficient (Wildman–Crippen LogP) is 6.86. The van der Waals surface area contributed by atoms with E-state index < -0.39 is 12.2 Å². The largest absolute Gasteiger partial charge is 0.409 e. The van der Waals surface area contributed by atoms with Crippen molar-refractivity contribution in [2.24, 2.45) is 0 Å². The van der Waals surface area contributed by atoms with Crippen LogP contribution in [0.2, 0.25) is 0 Å². The second kappa shape index (κ2) is 11.0. The number of hydrazine groups is 1. The van der Waals surface area contributed by atoms with Gasteiger partial charge in [0.1, 0.15) is 6.04 Å². The number of benzene rings is 2. The molecule has 3 rings (SSSR count). The minimum Gasteiger partial charge on any atom is -0.288 e. The van der Waals surface area contributed by atoms with Crippen LogP contribution in [-0.4, -0.2) is 23.6 Å². The van der Waals surface area contributed by atoms with Crippen molar-refractivity contribution in [2.45, 2.75) is 83.4 Å². The van der Waals surface area contributed by atoms with Crippen LogP contribution in [-0.2, 0) is 11.2 Å². The van der Waals surface area contributed by atoms with E-state index in [0.29, 0.717) is 0 Å². The van der Waals surface area contributed by atoms with Crippen molar-refractivity contribution in [1.29, 1.82) is 0 Å². The summed E-state index contributed by atoms with van der Waals surface area (Å²) in [6, 6.07) is 9.13. The van der Waals surface area contributed by atoms with E-state index in [0.717, 1.165) is 40.6 Å². The summed E-state index contributed by atoms with van der Waals surface area (Å²) in [7, 11) is 0. The predicted molar refractivity (Wildman–Crippen MR) is 119 cm³/mol. The minimum atomic E-state index is -4.48. The number of fused-ring (bicyclic) bond motifs is 1. The molecule has 170 valence electrons. The first-order valence-corrected chi connectivity index (χ1v) is 11.5. The van der Waals surface area contributed by atoms with Crippen LogP contribution in [0, 0.1) is 0 Å². The van der Waals surface area contributed by atoms with Gasteiger partial charge in [0.05, 0.1) is 0 Å². The number of amides is 1. The number of carbonyl (C=O) groups is 1. The van der Waals surface area contributed by atoms with Crippen LogP contribution in [0.15, 0.2) is 36.4 Å². The molecule has 1 heterocycles. The third kappa shape index (κ3) is 6.45. The third-order valence-corrected chi connectivity index (χ3v) is 6.06. The summed E-state index contributed by atoms with van der Waals surface area (Å²) in [6.07, 6.45) is 5.92. The molecule has 1 atom stereocenters. The number of carbonyl (C=O) groups excluding carboxylic acids is 1. The van der Waals surface area contributed by atoms with E-state index in [4.69, 9.17) is 0 Å². The van der Waals surface area contributed by atoms with Crippen molar-refractivity contribution in [3.63, 3.8) is 0 Å². The Morgan fingerprint density at radius 3 is 2.32 bits per heavy atom. The minimum absolute atomic E-state index is 0.0587. The van der Waals surface area contributed by atoms with Gasteiger partial charge in [0.25, 0.3) is 0 Å². The van der Waals surface area contributed by atoms with Crippen molar-refractivity contribution in [2.75, 3.05) is 6.54 Å². The lowest BCUT2D eigenvalue weighted by atomic mass is 9.93. The molecule has 3 nitrogen and oxygen atoms in total. The normalized spacial score (nSPS) is 16.1. The Kier molecular flexibility index (Phi) is 8.35. The van der Waals surface area contributed by atoms with E-state index in [-0.39, 0.29) is 24.4 Å². The van der Waals surface area contributed by atoms with E-state index in [1.165, 1.54) is 38.5 Å². The van der Waals surface area contributed by atoms with Gasteiger partial charge in [0, 0.05) is 13.0 Å². The average Bonchev–Trinajstić information content (AvgIpc) is 3.14. The fraction of sp³-hybridized carbons (Fsp3) is 0.560. The van der Waals surface area contributed by atoms with Crippen molar-refractivity contribution >= 4 is 16.7 Å². The molecule has 0 spiro atoms. The molecule has 2 aromatic rings. The van der Waals surface area contributed by atoms with Gasteiger partial charge in [-0.2, -0.15) is 13.2 Å². The Morgan fingerprint density at radius 2 is 1.68 bits per heavy atom. The topological polar surface area (TPSA) is 32.3 Å². The molecule has 1 aliphatic heterocycles. The number of hydrogen-bond donors (Lipinski definition) is 1. The molecule has 0 saturated carbocycles. The van der Waals surface area contributed by atoms with Gasteiger partial charge in [-0.05, 0) is 40.8 Å². The number of unbranched alkanes of at least 4 members (excludes halogenated alkanes) is 7. The van der Waals surface area contributed by atoms with Crippen LogP contribution in [0.4, 0.5) is 13.2 Å². The molecular formula is C25H33F3N2O. The standard InChI is InChI=1S/C25H33F3N2O/c1-2-3-4-5-6-7-8-9-12-19-17-21(18-20-13-10-11-14-22(19)20)24(25(26,27)28)30-16-15-23(31)29-30/h10-11,13-14,17-18,24H,2-9,12,15-16H2,1H3,(H,29,31)/t24-/m0/s1. The lowest BCUT2D eigenvalue weighted by molar-refractivity contribution is -0.191. The lowest BCUT2D eigenvalue weighted by Crippen LogP contribution is -2.43. The Morgan fingerprint density at radius 1 is 1.00 bits per heavy atom. The van der Waals surface area contributed by atoms with Gasteiger partial charge in [-0.15, -0.1) is 0 Å². The molecule has 0 radical (unpaired) electrons. The lowest BCUT2D eigenvalue weighted by Gasteiger charge is -2.30. The molecular weight excluding hydrogens is 401 g/mol. The Hall–Kier alpha value is -2.08. The van der Waals surface area contributed by atoms with Gasteiger partial charge in [-0.25, -0.2) is 5.01 Å². The number of halogens is 3. The van der Waals surface area contributed by atoms with Gasteiger partial charge in [0.15, 0.2) is 0 Å². The second-order valence-electron chi connectivity index (χ2n) is 8.55. The first-order chi connectivity index (χ1) is 14.9. The zero-order chi connectivity index (χ0) is 22.3. The maximum absolute atomic E-state index is 14.0. The highest BCUT2D eigenvalue weighted by atomic mass is 19.4. The van der Waals surface area contributed by atoms with Crippen LogP contribution in [0.1, 0.15) is 81.9 Å². The SMILES string of the molecule is CCCCCCCCCCc1cc([C@H](N2CCC(=O)N2)C(F)(F)F)cc2ccccc12. The summed E-state index contributed by atoms with van der Waals surface area (Å²) in [5, 5.41) is 2.86. The Labute approximate surface area is 183 Å². The summed E-state index contributed by atoms with van der Waals surface area (Å²) < 4.78 is 42.0. The van der Waals surface area contributed by atoms with E-state index in [9.17, 15) is 18.0 Å². The molecule has 0 bridgehead atoms. The third-order valence-electron chi connectivity index (χ3n) is 6.06. The van der Waals surface area contributed by atoms with Crippen LogP contribution >= 0.6 is 0 Å². The van der Waals surface area contributed by atoms with Gasteiger partial charge in [-0.3, -0.25) is 10.2 Å². The summed E-state index contributed by atoms with van der Waals surface area (Å²) in [5.41, 5.74) is 3.54. The van der Waals surface area contributed by atoms with E-state index in [2.05, 4.69) is 12.3 Å².